The molecule has 0 radical (unpaired) electrons. The average Bonchev–Trinajstić information content (AvgIpc) is 3.11. The van der Waals surface area contributed by atoms with Crippen molar-refractivity contribution in [2.75, 3.05) is 5.75 Å². The lowest BCUT2D eigenvalue weighted by atomic mass is 9.91. The second-order valence-corrected chi connectivity index (χ2v) is 12.2. The largest absolute Gasteiger partial charge is 0.392 e. The van der Waals surface area contributed by atoms with Crippen molar-refractivity contribution in [2.45, 2.75) is 43.6 Å². The number of hydrogen-bond donors (Lipinski definition) is 2. The van der Waals surface area contributed by atoms with Gasteiger partial charge in [0.25, 0.3) is 5.91 Å². The maximum Gasteiger partial charge on any atom is 0.251 e. The van der Waals surface area contributed by atoms with E-state index < -0.39 is 6.29 Å². The van der Waals surface area contributed by atoms with E-state index in [4.69, 9.17) is 9.47 Å². The fraction of sp³-hybridized carbons (Fsp3) is 0.211. The second-order valence-electron chi connectivity index (χ2n) is 11.1. The number of thioether (sulfide) groups is 1. The number of hydrogen-bond acceptors (Lipinski definition) is 6. The minimum absolute atomic E-state index is 0.00527. The highest BCUT2D eigenvalue weighted by Gasteiger charge is 2.38. The van der Waals surface area contributed by atoms with Crippen LogP contribution in [0.4, 0.5) is 0 Å². The number of nitrogens with one attached hydrogen (secondary N) is 1. The van der Waals surface area contributed by atoms with Crippen molar-refractivity contribution in [2.24, 2.45) is 5.92 Å². The molecular formula is C38H36N2O4S. The van der Waals surface area contributed by atoms with E-state index in [-0.39, 0.29) is 30.6 Å². The Morgan fingerprint density at radius 3 is 2.27 bits per heavy atom. The first-order valence-electron chi connectivity index (χ1n) is 15.1. The molecule has 0 aliphatic carbocycles. The van der Waals surface area contributed by atoms with E-state index in [2.05, 4.69) is 47.6 Å². The molecule has 0 bridgehead atoms. The van der Waals surface area contributed by atoms with E-state index in [1.165, 1.54) is 0 Å². The summed E-state index contributed by atoms with van der Waals surface area (Å²) < 4.78 is 13.3. The van der Waals surface area contributed by atoms with Crippen LogP contribution in [0, 0.1) is 5.92 Å². The molecular weight excluding hydrogens is 580 g/mol. The SMILES string of the molecule is C[C@H]1[C@@H](CSc2ccccn2)O[C@@H](c2ccc(-c3ccccc3CNC(=O)c3ccccc3)cc2)O[C@H]1c1ccc(CO)cc1. The molecule has 2 N–H and O–H groups in total. The maximum atomic E-state index is 12.7. The van der Waals surface area contributed by atoms with Gasteiger partial charge in [-0.2, -0.15) is 0 Å². The smallest absolute Gasteiger partial charge is 0.251 e. The van der Waals surface area contributed by atoms with Crippen molar-refractivity contribution >= 4 is 17.7 Å². The third-order valence-electron chi connectivity index (χ3n) is 8.14. The van der Waals surface area contributed by atoms with Gasteiger partial charge in [-0.25, -0.2) is 4.98 Å². The second kappa shape index (κ2) is 14.7. The lowest BCUT2D eigenvalue weighted by Crippen LogP contribution is -2.38. The topological polar surface area (TPSA) is 80.7 Å². The van der Waals surface area contributed by atoms with E-state index in [0.717, 1.165) is 44.2 Å². The number of ether oxygens (including phenoxy) is 2. The van der Waals surface area contributed by atoms with Crippen LogP contribution >= 0.6 is 11.8 Å². The number of aliphatic hydroxyl groups is 1. The van der Waals surface area contributed by atoms with Crippen LogP contribution in [0.25, 0.3) is 11.1 Å². The van der Waals surface area contributed by atoms with Gasteiger partial charge in [0.15, 0.2) is 6.29 Å². The molecule has 6 rings (SSSR count). The number of rotatable bonds is 10. The quantitative estimate of drug-likeness (QED) is 0.156. The van der Waals surface area contributed by atoms with Gasteiger partial charge >= 0.3 is 0 Å². The predicted molar refractivity (Wildman–Crippen MR) is 177 cm³/mol. The third-order valence-corrected chi connectivity index (χ3v) is 9.18. The molecule has 45 heavy (non-hydrogen) atoms. The molecule has 7 heteroatoms. The summed E-state index contributed by atoms with van der Waals surface area (Å²) in [4.78, 5) is 17.1. The van der Waals surface area contributed by atoms with Crippen LogP contribution in [0.3, 0.4) is 0 Å². The first-order chi connectivity index (χ1) is 22.1. The molecule has 1 fully saturated rings. The first kappa shape index (κ1) is 30.7. The van der Waals surface area contributed by atoms with Gasteiger partial charge < -0.3 is 19.9 Å². The van der Waals surface area contributed by atoms with Gasteiger partial charge in [-0.3, -0.25) is 4.79 Å². The number of nitrogens with zero attached hydrogens (tertiary/aromatic N) is 1. The normalized spacial score (nSPS) is 19.6. The summed E-state index contributed by atoms with van der Waals surface area (Å²) in [5, 5.41) is 13.6. The molecule has 2 heterocycles. The van der Waals surface area contributed by atoms with Gasteiger partial charge in [-0.15, -0.1) is 11.8 Å². The molecule has 1 aliphatic heterocycles. The Bertz CT molecular complexity index is 1680. The summed E-state index contributed by atoms with van der Waals surface area (Å²) in [5.41, 5.74) is 6.64. The van der Waals surface area contributed by atoms with Crippen molar-refractivity contribution in [3.8, 4) is 11.1 Å². The zero-order chi connectivity index (χ0) is 31.0. The summed E-state index contributed by atoms with van der Waals surface area (Å²) in [6.45, 7) is 2.59. The predicted octanol–water partition coefficient (Wildman–Crippen LogP) is 7.75. The van der Waals surface area contributed by atoms with Crippen LogP contribution in [-0.4, -0.2) is 27.9 Å². The number of carbonyl (C=O) groups is 1. The number of aliphatic hydroxyl groups excluding tert-OH is 1. The Morgan fingerprint density at radius 1 is 0.822 bits per heavy atom. The van der Waals surface area contributed by atoms with Crippen molar-refractivity contribution in [3.05, 3.63) is 155 Å². The first-order valence-corrected chi connectivity index (χ1v) is 16.1. The molecule has 1 amide bonds. The summed E-state index contributed by atoms with van der Waals surface area (Å²) in [6, 6.07) is 39.5. The van der Waals surface area contributed by atoms with Crippen LogP contribution in [0.1, 0.15) is 51.9 Å². The maximum absolute atomic E-state index is 12.7. The minimum Gasteiger partial charge on any atom is -0.392 e. The van der Waals surface area contributed by atoms with Gasteiger partial charge in [0, 0.05) is 35.5 Å². The highest BCUT2D eigenvalue weighted by Crippen LogP contribution is 2.43. The van der Waals surface area contributed by atoms with Crippen molar-refractivity contribution < 1.29 is 19.4 Å². The molecule has 0 spiro atoms. The van der Waals surface area contributed by atoms with Gasteiger partial charge in [-0.1, -0.05) is 104 Å². The Labute approximate surface area is 268 Å². The molecule has 0 unspecified atom stereocenters. The van der Waals surface area contributed by atoms with Crippen LogP contribution in [0.15, 0.2) is 133 Å². The van der Waals surface area contributed by atoms with Crippen LogP contribution in [0.5, 0.6) is 0 Å². The fourth-order valence-corrected chi connectivity index (χ4v) is 6.58. The van der Waals surface area contributed by atoms with Gasteiger partial charge in [0.1, 0.15) is 0 Å². The molecule has 0 saturated carbocycles. The summed E-state index contributed by atoms with van der Waals surface area (Å²) in [6.07, 6.45) is 1.00. The standard InChI is InChI=1S/C38H36N2O4S/c1-26-34(25-45-35-13-7-8-22-39-35)43-38(44-36(26)29-16-14-27(24-41)15-17-29)31-20-18-28(19-21-31)33-12-6-5-11-32(33)23-40-37(42)30-9-3-2-4-10-30/h2-22,26,34,36,38,41H,23-25H2,1H3,(H,40,42)/t26-,34+,36+,38+/m0/s1. The zero-order valence-electron chi connectivity index (χ0n) is 25.1. The fourth-order valence-electron chi connectivity index (χ4n) is 5.55. The molecule has 5 aromatic rings. The molecule has 1 aromatic heterocycles. The monoisotopic (exact) mass is 616 g/mol. The van der Waals surface area contributed by atoms with Crippen molar-refractivity contribution in [1.29, 1.82) is 0 Å². The highest BCUT2D eigenvalue weighted by atomic mass is 32.2. The minimum atomic E-state index is -0.549. The van der Waals surface area contributed by atoms with E-state index in [0.29, 0.717) is 12.1 Å². The Kier molecular flexibility index (Phi) is 10.0. The Hall–Kier alpha value is -4.27. The van der Waals surface area contributed by atoms with Gasteiger partial charge in [-0.05, 0) is 52.1 Å². The highest BCUT2D eigenvalue weighted by molar-refractivity contribution is 7.99. The van der Waals surface area contributed by atoms with Crippen LogP contribution < -0.4 is 5.32 Å². The van der Waals surface area contributed by atoms with Crippen LogP contribution in [-0.2, 0) is 22.6 Å². The zero-order valence-corrected chi connectivity index (χ0v) is 25.9. The molecule has 1 saturated heterocycles. The summed E-state index contributed by atoms with van der Waals surface area (Å²) in [5.74, 6) is 0.733. The molecule has 4 aromatic carbocycles. The van der Waals surface area contributed by atoms with Gasteiger partial charge in [0.2, 0.25) is 0 Å². The lowest BCUT2D eigenvalue weighted by Gasteiger charge is -2.41. The Balaban J connectivity index is 1.21. The Morgan fingerprint density at radius 2 is 1.53 bits per heavy atom. The summed E-state index contributed by atoms with van der Waals surface area (Å²) in [7, 11) is 0. The lowest BCUT2D eigenvalue weighted by molar-refractivity contribution is -0.268. The number of amides is 1. The number of aromatic nitrogens is 1. The molecule has 1 aliphatic rings. The number of benzene rings is 4. The third kappa shape index (κ3) is 7.52. The molecule has 6 nitrogen and oxygen atoms in total. The number of pyridine rings is 1. The van der Waals surface area contributed by atoms with E-state index in [1.54, 1.807) is 11.8 Å². The molecule has 228 valence electrons. The molecule has 4 atom stereocenters. The van der Waals surface area contributed by atoms with E-state index in [9.17, 15) is 9.90 Å². The van der Waals surface area contributed by atoms with Crippen molar-refractivity contribution in [1.82, 2.24) is 10.3 Å². The van der Waals surface area contributed by atoms with Gasteiger partial charge in [0.05, 0.1) is 23.8 Å². The average molecular weight is 617 g/mol. The van der Waals surface area contributed by atoms with E-state index >= 15 is 0 Å². The van der Waals surface area contributed by atoms with Crippen LogP contribution in [0.2, 0.25) is 0 Å². The van der Waals surface area contributed by atoms with Crippen molar-refractivity contribution in [3.63, 3.8) is 0 Å². The number of carbonyl (C=O) groups excluding carboxylic acids is 1. The summed E-state index contributed by atoms with van der Waals surface area (Å²) >= 11 is 1.68. The van der Waals surface area contributed by atoms with E-state index in [1.807, 2.05) is 97.2 Å².